The van der Waals surface area contributed by atoms with Gasteiger partial charge >= 0.3 is 0 Å². The molecule has 0 saturated carbocycles. The first-order valence-electron chi connectivity index (χ1n) is 8.91. The zero-order valence-electron chi connectivity index (χ0n) is 15.6. The number of aryl methyl sites for hydroxylation is 1. The highest BCUT2D eigenvalue weighted by Gasteiger charge is 2.15. The van der Waals surface area contributed by atoms with E-state index in [0.717, 1.165) is 11.3 Å². The predicted molar refractivity (Wildman–Crippen MR) is 106 cm³/mol. The molecule has 0 fully saturated rings. The van der Waals surface area contributed by atoms with Crippen LogP contribution in [0.2, 0.25) is 0 Å². The van der Waals surface area contributed by atoms with E-state index < -0.39 is 5.91 Å². The number of nitrogens with one attached hydrogen (secondary N) is 2. The largest absolute Gasteiger partial charge is 0.454 e. The van der Waals surface area contributed by atoms with Crippen molar-refractivity contribution in [2.75, 3.05) is 17.4 Å². The Balaban J connectivity index is 1.48. The molecule has 8 nitrogen and oxygen atoms in total. The van der Waals surface area contributed by atoms with Crippen molar-refractivity contribution in [1.82, 2.24) is 9.97 Å². The molecular formula is C21H17N5O3. The van der Waals surface area contributed by atoms with E-state index in [-0.39, 0.29) is 12.5 Å². The van der Waals surface area contributed by atoms with E-state index in [2.05, 4.69) is 26.7 Å². The van der Waals surface area contributed by atoms with Gasteiger partial charge in [0.2, 0.25) is 12.7 Å². The highest BCUT2D eigenvalue weighted by atomic mass is 16.7. The molecule has 1 amide bonds. The summed E-state index contributed by atoms with van der Waals surface area (Å²) in [6.07, 6.45) is 0. The molecule has 1 aromatic heterocycles. The Morgan fingerprint density at radius 2 is 1.97 bits per heavy atom. The van der Waals surface area contributed by atoms with Crippen LogP contribution in [0.3, 0.4) is 0 Å². The molecule has 0 bridgehead atoms. The second-order valence-corrected chi connectivity index (χ2v) is 6.37. The third-order valence-corrected chi connectivity index (χ3v) is 4.27. The number of nitrogens with zero attached hydrogens (tertiary/aromatic N) is 3. The quantitative estimate of drug-likeness (QED) is 0.691. The Hall–Kier alpha value is -4.12. The number of nitriles is 1. The maximum Gasteiger partial charge on any atom is 0.274 e. The monoisotopic (exact) mass is 387 g/mol. The van der Waals surface area contributed by atoms with Gasteiger partial charge in [0.05, 0.1) is 11.3 Å². The van der Waals surface area contributed by atoms with Crippen molar-refractivity contribution in [2.24, 2.45) is 0 Å². The Kier molecular flexibility index (Phi) is 4.95. The predicted octanol–water partition coefficient (Wildman–Crippen LogP) is 3.25. The summed E-state index contributed by atoms with van der Waals surface area (Å²) in [6, 6.07) is 16.1. The second-order valence-electron chi connectivity index (χ2n) is 6.37. The number of carbonyl (C=O) groups is 1. The van der Waals surface area contributed by atoms with Crippen LogP contribution in [0.4, 0.5) is 11.6 Å². The van der Waals surface area contributed by atoms with Crippen LogP contribution in [-0.2, 0) is 6.54 Å². The fourth-order valence-electron chi connectivity index (χ4n) is 2.87. The lowest BCUT2D eigenvalue weighted by atomic mass is 10.2. The molecular weight excluding hydrogens is 370 g/mol. The van der Waals surface area contributed by atoms with Gasteiger partial charge in [-0.2, -0.15) is 5.26 Å². The van der Waals surface area contributed by atoms with Crippen molar-refractivity contribution in [3.63, 3.8) is 0 Å². The molecule has 2 aromatic carbocycles. The first-order valence-corrected chi connectivity index (χ1v) is 8.91. The molecule has 3 aromatic rings. The number of ether oxygens (including phenoxy) is 2. The van der Waals surface area contributed by atoms with Crippen molar-refractivity contribution in [3.8, 4) is 17.6 Å². The van der Waals surface area contributed by atoms with Crippen LogP contribution in [0.15, 0.2) is 48.5 Å². The molecule has 0 spiro atoms. The van der Waals surface area contributed by atoms with Crippen LogP contribution >= 0.6 is 0 Å². The van der Waals surface area contributed by atoms with Gasteiger partial charge in [-0.3, -0.25) is 4.79 Å². The number of rotatable bonds is 5. The van der Waals surface area contributed by atoms with Crippen molar-refractivity contribution in [3.05, 3.63) is 71.0 Å². The summed E-state index contributed by atoms with van der Waals surface area (Å²) in [5.41, 5.74) is 2.64. The fraction of sp³-hybridized carbons (Fsp3) is 0.143. The van der Waals surface area contributed by atoms with Crippen molar-refractivity contribution < 1.29 is 14.3 Å². The summed E-state index contributed by atoms with van der Waals surface area (Å²) < 4.78 is 10.7. The minimum atomic E-state index is -0.413. The van der Waals surface area contributed by atoms with Gasteiger partial charge < -0.3 is 20.1 Å². The van der Waals surface area contributed by atoms with Crippen LogP contribution in [0.25, 0.3) is 0 Å². The number of hydrogen-bond acceptors (Lipinski definition) is 7. The van der Waals surface area contributed by atoms with Crippen molar-refractivity contribution >= 4 is 17.5 Å². The van der Waals surface area contributed by atoms with E-state index in [1.165, 1.54) is 0 Å². The number of para-hydroxylation sites is 1. The maximum absolute atomic E-state index is 12.6. The van der Waals surface area contributed by atoms with Crippen molar-refractivity contribution in [2.45, 2.75) is 13.5 Å². The molecule has 144 valence electrons. The van der Waals surface area contributed by atoms with Crippen LogP contribution in [0.1, 0.15) is 27.3 Å². The summed E-state index contributed by atoms with van der Waals surface area (Å²) in [7, 11) is 0. The molecule has 1 aliphatic rings. The summed E-state index contributed by atoms with van der Waals surface area (Å²) in [4.78, 5) is 21.3. The van der Waals surface area contributed by atoms with E-state index in [1.54, 1.807) is 37.3 Å². The SMILES string of the molecule is Cc1cc(C(=O)Nc2ccccc2C#N)nc(NCc2ccc3c(c2)OCO3)n1. The normalized spacial score (nSPS) is 11.6. The van der Waals surface area contributed by atoms with Gasteiger partial charge in [0, 0.05) is 12.2 Å². The highest BCUT2D eigenvalue weighted by Crippen LogP contribution is 2.32. The number of anilines is 2. The van der Waals surface area contributed by atoms with E-state index in [0.29, 0.717) is 35.2 Å². The molecule has 4 rings (SSSR count). The van der Waals surface area contributed by atoms with Crippen LogP contribution < -0.4 is 20.1 Å². The zero-order valence-corrected chi connectivity index (χ0v) is 15.6. The van der Waals surface area contributed by atoms with Crippen LogP contribution in [0, 0.1) is 18.3 Å². The van der Waals surface area contributed by atoms with Gasteiger partial charge in [0.25, 0.3) is 5.91 Å². The van der Waals surface area contributed by atoms with E-state index in [4.69, 9.17) is 9.47 Å². The number of hydrogen-bond donors (Lipinski definition) is 2. The smallest absolute Gasteiger partial charge is 0.274 e. The number of fused-ring (bicyclic) bond motifs is 1. The van der Waals surface area contributed by atoms with E-state index in [9.17, 15) is 10.1 Å². The minimum absolute atomic E-state index is 0.207. The third-order valence-electron chi connectivity index (χ3n) is 4.27. The van der Waals surface area contributed by atoms with E-state index >= 15 is 0 Å². The number of aromatic nitrogens is 2. The molecule has 0 aliphatic carbocycles. The highest BCUT2D eigenvalue weighted by molar-refractivity contribution is 6.03. The second kappa shape index (κ2) is 7.86. The first-order chi connectivity index (χ1) is 14.1. The third kappa shape index (κ3) is 4.09. The topological polar surface area (TPSA) is 109 Å². The zero-order chi connectivity index (χ0) is 20.2. The molecule has 0 saturated heterocycles. The Bertz CT molecular complexity index is 1120. The average molecular weight is 387 g/mol. The standard InChI is InChI=1S/C21H17N5O3/c1-13-8-17(20(27)25-16-5-3-2-4-15(16)10-22)26-21(24-13)23-11-14-6-7-18-19(9-14)29-12-28-18/h2-9H,11-12H2,1H3,(H,25,27)(H,23,24,26). The minimum Gasteiger partial charge on any atom is -0.454 e. The maximum atomic E-state index is 12.6. The molecule has 0 unspecified atom stereocenters. The molecule has 0 atom stereocenters. The van der Waals surface area contributed by atoms with Crippen molar-refractivity contribution in [1.29, 1.82) is 5.26 Å². The van der Waals surface area contributed by atoms with Gasteiger partial charge in [-0.05, 0) is 42.8 Å². The summed E-state index contributed by atoms with van der Waals surface area (Å²) >= 11 is 0. The number of amides is 1. The molecule has 2 heterocycles. The summed E-state index contributed by atoms with van der Waals surface area (Å²) in [5, 5.41) is 15.0. The lowest BCUT2D eigenvalue weighted by Crippen LogP contribution is -2.16. The molecule has 29 heavy (non-hydrogen) atoms. The Morgan fingerprint density at radius 3 is 2.83 bits per heavy atom. The van der Waals surface area contributed by atoms with Gasteiger partial charge in [0.15, 0.2) is 11.5 Å². The molecule has 8 heteroatoms. The van der Waals surface area contributed by atoms with Gasteiger partial charge in [-0.15, -0.1) is 0 Å². The number of benzene rings is 2. The molecule has 1 aliphatic heterocycles. The van der Waals surface area contributed by atoms with Gasteiger partial charge in [-0.1, -0.05) is 18.2 Å². The lowest BCUT2D eigenvalue weighted by molar-refractivity contribution is 0.102. The van der Waals surface area contributed by atoms with E-state index in [1.807, 2.05) is 18.2 Å². The Labute approximate surface area is 167 Å². The summed E-state index contributed by atoms with van der Waals surface area (Å²) in [5.74, 6) is 1.34. The first kappa shape index (κ1) is 18.3. The van der Waals surface area contributed by atoms with Crippen LogP contribution in [-0.4, -0.2) is 22.7 Å². The average Bonchev–Trinajstić information content (AvgIpc) is 3.20. The molecule has 2 N–H and O–H groups in total. The Morgan fingerprint density at radius 1 is 1.14 bits per heavy atom. The molecule has 0 radical (unpaired) electrons. The van der Waals surface area contributed by atoms with Gasteiger partial charge in [0.1, 0.15) is 11.8 Å². The fourth-order valence-corrected chi connectivity index (χ4v) is 2.87. The summed E-state index contributed by atoms with van der Waals surface area (Å²) in [6.45, 7) is 2.46. The van der Waals surface area contributed by atoms with Gasteiger partial charge in [-0.25, -0.2) is 9.97 Å². The lowest BCUT2D eigenvalue weighted by Gasteiger charge is -2.10. The number of carbonyl (C=O) groups excluding carboxylic acids is 1. The van der Waals surface area contributed by atoms with Crippen LogP contribution in [0.5, 0.6) is 11.5 Å².